The molecule has 1 atom stereocenters. The Labute approximate surface area is 140 Å². The van der Waals surface area contributed by atoms with Crippen LogP contribution in [-0.4, -0.2) is 42.1 Å². The first-order valence-electron chi connectivity index (χ1n) is 9.24. The highest BCUT2D eigenvalue weighted by molar-refractivity contribution is 5.96. The van der Waals surface area contributed by atoms with E-state index in [0.717, 1.165) is 31.6 Å². The van der Waals surface area contributed by atoms with Gasteiger partial charge >= 0.3 is 0 Å². The molecule has 1 aromatic rings. The van der Waals surface area contributed by atoms with Crippen molar-refractivity contribution in [2.75, 3.05) is 26.7 Å². The van der Waals surface area contributed by atoms with Crippen LogP contribution in [0.1, 0.15) is 66.3 Å². The van der Waals surface area contributed by atoms with Gasteiger partial charge in [0.1, 0.15) is 0 Å². The fourth-order valence-corrected chi connectivity index (χ4v) is 4.54. The Balaban J connectivity index is 1.76. The first-order valence-corrected chi connectivity index (χ1v) is 9.24. The summed E-state index contributed by atoms with van der Waals surface area (Å²) in [5.41, 5.74) is 3.36. The Morgan fingerprint density at radius 2 is 1.96 bits per heavy atom. The van der Waals surface area contributed by atoms with E-state index in [4.69, 9.17) is 0 Å². The Kier molecular flexibility index (Phi) is 5.10. The van der Waals surface area contributed by atoms with Crippen LogP contribution in [0.3, 0.4) is 0 Å². The van der Waals surface area contributed by atoms with Crippen molar-refractivity contribution in [3.8, 4) is 0 Å². The van der Waals surface area contributed by atoms with Gasteiger partial charge in [0.15, 0.2) is 0 Å². The van der Waals surface area contributed by atoms with Crippen molar-refractivity contribution in [2.24, 2.45) is 5.92 Å². The summed E-state index contributed by atoms with van der Waals surface area (Å²) < 4.78 is 2.44. The molecule has 1 saturated heterocycles. The van der Waals surface area contributed by atoms with E-state index in [0.29, 0.717) is 12.0 Å². The summed E-state index contributed by atoms with van der Waals surface area (Å²) in [4.78, 5) is 15.0. The highest BCUT2D eigenvalue weighted by atomic mass is 16.2. The number of hydrogen-bond acceptors (Lipinski definition) is 2. The molecule has 128 valence electrons. The van der Waals surface area contributed by atoms with Crippen LogP contribution in [0.15, 0.2) is 6.07 Å². The number of aromatic nitrogens is 1. The molecule has 1 aliphatic carbocycles. The lowest BCUT2D eigenvalue weighted by Gasteiger charge is -2.26. The molecule has 1 aromatic heterocycles. The minimum atomic E-state index is 0.235. The fraction of sp³-hybridized carbons (Fsp3) is 0.737. The molecule has 1 aliphatic heterocycles. The second kappa shape index (κ2) is 7.08. The lowest BCUT2D eigenvalue weighted by Crippen LogP contribution is -2.30. The number of nitrogens with zero attached hydrogens (tertiary/aromatic N) is 2. The third kappa shape index (κ3) is 3.32. The normalized spacial score (nSPS) is 22.7. The summed E-state index contributed by atoms with van der Waals surface area (Å²) in [6.07, 6.45) is 7.65. The van der Waals surface area contributed by atoms with Gasteiger partial charge in [0.25, 0.3) is 5.91 Å². The van der Waals surface area contributed by atoms with Gasteiger partial charge in [0.2, 0.25) is 0 Å². The van der Waals surface area contributed by atoms with E-state index >= 15 is 0 Å². The number of carbonyl (C=O) groups is 1. The van der Waals surface area contributed by atoms with E-state index < -0.39 is 0 Å². The molecule has 2 heterocycles. The lowest BCUT2D eigenvalue weighted by atomic mass is 9.95. The van der Waals surface area contributed by atoms with E-state index in [9.17, 15) is 4.79 Å². The standard InChI is InChI=1S/C19H31N3O/c1-14-11-18(15(2)22(14)17-7-5-4-6-8-17)19(23)21-10-9-16(13-21)12-20-3/h11,16-17,20H,4-10,12-13H2,1-3H3/t16-/m1/s1. The first-order chi connectivity index (χ1) is 11.1. The average Bonchev–Trinajstić information content (AvgIpc) is 3.13. The predicted octanol–water partition coefficient (Wildman–Crippen LogP) is 3.29. The number of nitrogens with one attached hydrogen (secondary N) is 1. The quantitative estimate of drug-likeness (QED) is 0.925. The molecule has 1 amide bonds. The highest BCUT2D eigenvalue weighted by Gasteiger charge is 2.29. The zero-order chi connectivity index (χ0) is 16.4. The second-order valence-electron chi connectivity index (χ2n) is 7.41. The van der Waals surface area contributed by atoms with Gasteiger partial charge < -0.3 is 14.8 Å². The topological polar surface area (TPSA) is 37.3 Å². The maximum atomic E-state index is 13.0. The van der Waals surface area contributed by atoms with Gasteiger partial charge in [-0.05, 0) is 58.7 Å². The number of amides is 1. The molecule has 0 unspecified atom stereocenters. The Morgan fingerprint density at radius 3 is 2.65 bits per heavy atom. The van der Waals surface area contributed by atoms with Crippen molar-refractivity contribution < 1.29 is 4.79 Å². The van der Waals surface area contributed by atoms with Crippen molar-refractivity contribution >= 4 is 5.91 Å². The summed E-state index contributed by atoms with van der Waals surface area (Å²) in [5.74, 6) is 0.838. The van der Waals surface area contributed by atoms with Crippen molar-refractivity contribution in [2.45, 2.75) is 58.4 Å². The summed E-state index contributed by atoms with van der Waals surface area (Å²) in [6, 6.07) is 2.72. The van der Waals surface area contributed by atoms with E-state index in [1.807, 2.05) is 7.05 Å². The van der Waals surface area contributed by atoms with Crippen LogP contribution in [0.2, 0.25) is 0 Å². The number of likely N-dealkylation sites (tertiary alicyclic amines) is 1. The van der Waals surface area contributed by atoms with Crippen molar-refractivity contribution in [3.63, 3.8) is 0 Å². The number of aryl methyl sites for hydroxylation is 1. The monoisotopic (exact) mass is 317 g/mol. The van der Waals surface area contributed by atoms with Crippen LogP contribution in [0.5, 0.6) is 0 Å². The average molecular weight is 317 g/mol. The highest BCUT2D eigenvalue weighted by Crippen LogP contribution is 2.32. The Hall–Kier alpha value is -1.29. The van der Waals surface area contributed by atoms with Gasteiger partial charge in [-0.25, -0.2) is 0 Å². The number of carbonyl (C=O) groups excluding carboxylic acids is 1. The summed E-state index contributed by atoms with van der Waals surface area (Å²) in [5, 5.41) is 3.23. The van der Waals surface area contributed by atoms with Gasteiger partial charge in [0, 0.05) is 30.5 Å². The second-order valence-corrected chi connectivity index (χ2v) is 7.41. The van der Waals surface area contributed by atoms with E-state index in [1.165, 1.54) is 43.5 Å². The molecule has 2 aliphatic rings. The largest absolute Gasteiger partial charge is 0.345 e. The van der Waals surface area contributed by atoms with Crippen molar-refractivity contribution in [1.29, 1.82) is 0 Å². The van der Waals surface area contributed by atoms with Crippen LogP contribution in [0.25, 0.3) is 0 Å². The van der Waals surface area contributed by atoms with Gasteiger partial charge in [-0.15, -0.1) is 0 Å². The molecule has 23 heavy (non-hydrogen) atoms. The summed E-state index contributed by atoms with van der Waals surface area (Å²) >= 11 is 0. The molecular weight excluding hydrogens is 286 g/mol. The summed E-state index contributed by atoms with van der Waals surface area (Å²) in [7, 11) is 1.99. The van der Waals surface area contributed by atoms with Crippen LogP contribution < -0.4 is 5.32 Å². The molecule has 0 bridgehead atoms. The van der Waals surface area contributed by atoms with Crippen LogP contribution in [-0.2, 0) is 0 Å². The Bertz CT molecular complexity index is 557. The van der Waals surface area contributed by atoms with E-state index in [2.05, 4.69) is 34.7 Å². The molecule has 0 radical (unpaired) electrons. The zero-order valence-electron chi connectivity index (χ0n) is 14.9. The molecule has 4 nitrogen and oxygen atoms in total. The zero-order valence-corrected chi connectivity index (χ0v) is 14.9. The predicted molar refractivity (Wildman–Crippen MR) is 94.0 cm³/mol. The van der Waals surface area contributed by atoms with Crippen molar-refractivity contribution in [1.82, 2.24) is 14.8 Å². The Morgan fingerprint density at radius 1 is 1.22 bits per heavy atom. The van der Waals surface area contributed by atoms with Crippen molar-refractivity contribution in [3.05, 3.63) is 23.0 Å². The third-order valence-electron chi connectivity index (χ3n) is 5.72. The maximum Gasteiger partial charge on any atom is 0.255 e. The molecular formula is C19H31N3O. The maximum absolute atomic E-state index is 13.0. The molecule has 3 rings (SSSR count). The van der Waals surface area contributed by atoms with Crippen LogP contribution in [0.4, 0.5) is 0 Å². The van der Waals surface area contributed by atoms with Crippen LogP contribution >= 0.6 is 0 Å². The minimum Gasteiger partial charge on any atom is -0.345 e. The SMILES string of the molecule is CNC[C@H]1CCN(C(=O)c2cc(C)n(C3CCCCC3)c2C)C1. The summed E-state index contributed by atoms with van der Waals surface area (Å²) in [6.45, 7) is 7.10. The van der Waals surface area contributed by atoms with E-state index in [1.54, 1.807) is 0 Å². The first kappa shape index (κ1) is 16.6. The van der Waals surface area contributed by atoms with Gasteiger partial charge in [-0.3, -0.25) is 4.79 Å². The smallest absolute Gasteiger partial charge is 0.255 e. The molecule has 0 spiro atoms. The van der Waals surface area contributed by atoms with Gasteiger partial charge in [-0.1, -0.05) is 19.3 Å². The van der Waals surface area contributed by atoms with Crippen LogP contribution in [0, 0.1) is 19.8 Å². The fourth-order valence-electron chi connectivity index (χ4n) is 4.54. The molecule has 2 fully saturated rings. The minimum absolute atomic E-state index is 0.235. The molecule has 0 aromatic carbocycles. The lowest BCUT2D eigenvalue weighted by molar-refractivity contribution is 0.0786. The molecule has 1 saturated carbocycles. The molecule has 1 N–H and O–H groups in total. The van der Waals surface area contributed by atoms with Gasteiger partial charge in [0.05, 0.1) is 5.56 Å². The molecule has 4 heteroatoms. The number of rotatable bonds is 4. The third-order valence-corrected chi connectivity index (χ3v) is 5.72. The van der Waals surface area contributed by atoms with Gasteiger partial charge in [-0.2, -0.15) is 0 Å². The van der Waals surface area contributed by atoms with E-state index in [-0.39, 0.29) is 5.91 Å². The number of hydrogen-bond donors (Lipinski definition) is 1.